The van der Waals surface area contributed by atoms with Gasteiger partial charge in [0.2, 0.25) is 0 Å². The summed E-state index contributed by atoms with van der Waals surface area (Å²) < 4.78 is 0. The van der Waals surface area contributed by atoms with Gasteiger partial charge in [-0.25, -0.2) is 0 Å². The molecule has 1 rings (SSSR count). The van der Waals surface area contributed by atoms with Crippen molar-refractivity contribution in [1.82, 2.24) is 10.2 Å². The molecule has 0 aliphatic carbocycles. The topological polar surface area (TPSA) is 27.6 Å². The number of piperidine rings is 1. The standard InChI is InChI=1S/C14H27N3/c1-5-8-14(3)9-7-11-17(12-14)13(15-4)16-10-6-2/h6H,2,5,7-12H2,1,3-4H3,(H,15,16). The molecule has 0 aromatic heterocycles. The average Bonchev–Trinajstić information content (AvgIpc) is 2.30. The molecule has 1 aliphatic heterocycles. The first kappa shape index (κ1) is 14.1. The van der Waals surface area contributed by atoms with E-state index in [-0.39, 0.29) is 0 Å². The molecular weight excluding hydrogens is 210 g/mol. The number of nitrogens with one attached hydrogen (secondary N) is 1. The van der Waals surface area contributed by atoms with Crippen molar-refractivity contribution in [1.29, 1.82) is 0 Å². The van der Waals surface area contributed by atoms with Crippen LogP contribution in [-0.2, 0) is 0 Å². The zero-order valence-electron chi connectivity index (χ0n) is 11.6. The van der Waals surface area contributed by atoms with Crippen LogP contribution in [0, 0.1) is 5.41 Å². The Morgan fingerprint density at radius 3 is 2.94 bits per heavy atom. The molecule has 1 saturated heterocycles. The molecule has 0 amide bonds. The van der Waals surface area contributed by atoms with Crippen molar-refractivity contribution >= 4 is 5.96 Å². The van der Waals surface area contributed by atoms with E-state index < -0.39 is 0 Å². The van der Waals surface area contributed by atoms with E-state index in [0.717, 1.165) is 25.6 Å². The third-order valence-electron chi connectivity index (χ3n) is 3.55. The zero-order valence-corrected chi connectivity index (χ0v) is 11.6. The third kappa shape index (κ3) is 4.06. The monoisotopic (exact) mass is 237 g/mol. The summed E-state index contributed by atoms with van der Waals surface area (Å²) in [7, 11) is 1.86. The SMILES string of the molecule is C=CCNC(=NC)N1CCCC(C)(CCC)C1. The molecule has 1 heterocycles. The Kier molecular flexibility index (Phi) is 5.52. The average molecular weight is 237 g/mol. The number of likely N-dealkylation sites (tertiary alicyclic amines) is 1. The fourth-order valence-corrected chi connectivity index (χ4v) is 2.80. The second kappa shape index (κ2) is 6.67. The number of hydrogen-bond donors (Lipinski definition) is 1. The molecule has 1 aliphatic rings. The molecule has 17 heavy (non-hydrogen) atoms. The fraction of sp³-hybridized carbons (Fsp3) is 0.786. The second-order valence-electron chi connectivity index (χ2n) is 5.30. The molecule has 0 aromatic carbocycles. The minimum atomic E-state index is 0.457. The zero-order chi connectivity index (χ0) is 12.7. The number of nitrogens with zero attached hydrogens (tertiary/aromatic N) is 2. The van der Waals surface area contributed by atoms with Gasteiger partial charge in [0.25, 0.3) is 0 Å². The van der Waals surface area contributed by atoms with Crippen LogP contribution in [-0.4, -0.2) is 37.5 Å². The first-order valence-corrected chi connectivity index (χ1v) is 6.71. The molecule has 0 radical (unpaired) electrons. The van der Waals surface area contributed by atoms with Crippen LogP contribution in [0.15, 0.2) is 17.6 Å². The van der Waals surface area contributed by atoms with Gasteiger partial charge in [0.05, 0.1) is 0 Å². The Morgan fingerprint density at radius 1 is 1.59 bits per heavy atom. The van der Waals surface area contributed by atoms with Crippen molar-refractivity contribution < 1.29 is 0 Å². The lowest BCUT2D eigenvalue weighted by atomic mass is 9.78. The van der Waals surface area contributed by atoms with Crippen LogP contribution in [0.25, 0.3) is 0 Å². The molecule has 3 nitrogen and oxygen atoms in total. The summed E-state index contributed by atoms with van der Waals surface area (Å²) in [6, 6.07) is 0. The predicted molar refractivity (Wildman–Crippen MR) is 75.4 cm³/mol. The number of rotatable bonds is 4. The van der Waals surface area contributed by atoms with Crippen LogP contribution in [0.1, 0.15) is 39.5 Å². The maximum absolute atomic E-state index is 4.36. The highest BCUT2D eigenvalue weighted by molar-refractivity contribution is 5.80. The van der Waals surface area contributed by atoms with E-state index in [2.05, 4.69) is 35.6 Å². The Labute approximate surface area is 106 Å². The van der Waals surface area contributed by atoms with Gasteiger partial charge >= 0.3 is 0 Å². The van der Waals surface area contributed by atoms with Crippen molar-refractivity contribution in [3.8, 4) is 0 Å². The van der Waals surface area contributed by atoms with E-state index in [1.54, 1.807) is 0 Å². The molecule has 98 valence electrons. The first-order valence-electron chi connectivity index (χ1n) is 6.71. The van der Waals surface area contributed by atoms with Crippen molar-refractivity contribution in [2.45, 2.75) is 39.5 Å². The van der Waals surface area contributed by atoms with Crippen LogP contribution in [0.5, 0.6) is 0 Å². The number of aliphatic imine (C=N–C) groups is 1. The van der Waals surface area contributed by atoms with Gasteiger partial charge in [-0.15, -0.1) is 6.58 Å². The van der Waals surface area contributed by atoms with Gasteiger partial charge in [0.1, 0.15) is 0 Å². The summed E-state index contributed by atoms with van der Waals surface area (Å²) in [5, 5.41) is 3.33. The summed E-state index contributed by atoms with van der Waals surface area (Å²) in [4.78, 5) is 6.75. The lowest BCUT2D eigenvalue weighted by Crippen LogP contribution is -2.49. The van der Waals surface area contributed by atoms with E-state index in [1.807, 2.05) is 13.1 Å². The summed E-state index contributed by atoms with van der Waals surface area (Å²) in [6.07, 6.45) is 7.06. The molecule has 1 fully saturated rings. The molecule has 1 unspecified atom stereocenters. The molecule has 3 heteroatoms. The van der Waals surface area contributed by atoms with Crippen molar-refractivity contribution in [3.63, 3.8) is 0 Å². The first-order chi connectivity index (χ1) is 8.15. The van der Waals surface area contributed by atoms with Crippen molar-refractivity contribution in [3.05, 3.63) is 12.7 Å². The minimum absolute atomic E-state index is 0.457. The van der Waals surface area contributed by atoms with Gasteiger partial charge < -0.3 is 10.2 Å². The molecule has 1 atom stereocenters. The van der Waals surface area contributed by atoms with E-state index in [0.29, 0.717) is 5.41 Å². The van der Waals surface area contributed by atoms with Crippen LogP contribution in [0.2, 0.25) is 0 Å². The summed E-state index contributed by atoms with van der Waals surface area (Å²) >= 11 is 0. The third-order valence-corrected chi connectivity index (χ3v) is 3.55. The van der Waals surface area contributed by atoms with E-state index in [4.69, 9.17) is 0 Å². The quantitative estimate of drug-likeness (QED) is 0.462. The van der Waals surface area contributed by atoms with Crippen LogP contribution in [0.3, 0.4) is 0 Å². The molecule has 0 bridgehead atoms. The lowest BCUT2D eigenvalue weighted by Gasteiger charge is -2.42. The van der Waals surface area contributed by atoms with E-state index in [9.17, 15) is 0 Å². The van der Waals surface area contributed by atoms with Crippen molar-refractivity contribution in [2.24, 2.45) is 10.4 Å². The predicted octanol–water partition coefficient (Wildman–Crippen LogP) is 2.65. The largest absolute Gasteiger partial charge is 0.353 e. The molecule has 1 N–H and O–H groups in total. The minimum Gasteiger partial charge on any atom is -0.353 e. The molecule has 0 saturated carbocycles. The van der Waals surface area contributed by atoms with Crippen molar-refractivity contribution in [2.75, 3.05) is 26.7 Å². The maximum atomic E-state index is 4.36. The highest BCUT2D eigenvalue weighted by Crippen LogP contribution is 2.33. The highest BCUT2D eigenvalue weighted by Gasteiger charge is 2.31. The van der Waals surface area contributed by atoms with E-state index in [1.165, 1.54) is 25.7 Å². The highest BCUT2D eigenvalue weighted by atomic mass is 15.3. The second-order valence-corrected chi connectivity index (χ2v) is 5.30. The van der Waals surface area contributed by atoms with Crippen LogP contribution in [0.4, 0.5) is 0 Å². The van der Waals surface area contributed by atoms with E-state index >= 15 is 0 Å². The van der Waals surface area contributed by atoms with Gasteiger partial charge in [-0.3, -0.25) is 4.99 Å². The smallest absolute Gasteiger partial charge is 0.193 e. The summed E-state index contributed by atoms with van der Waals surface area (Å²) in [5.41, 5.74) is 0.457. The normalized spacial score (nSPS) is 25.8. The lowest BCUT2D eigenvalue weighted by molar-refractivity contribution is 0.143. The van der Waals surface area contributed by atoms with Crippen LogP contribution >= 0.6 is 0 Å². The number of guanidine groups is 1. The Morgan fingerprint density at radius 2 is 2.35 bits per heavy atom. The molecule has 0 spiro atoms. The summed E-state index contributed by atoms with van der Waals surface area (Å²) in [5.74, 6) is 1.02. The Hall–Kier alpha value is -0.990. The summed E-state index contributed by atoms with van der Waals surface area (Å²) in [6.45, 7) is 11.4. The van der Waals surface area contributed by atoms with Gasteiger partial charge in [0.15, 0.2) is 5.96 Å². The van der Waals surface area contributed by atoms with Gasteiger partial charge in [-0.2, -0.15) is 0 Å². The fourth-order valence-electron chi connectivity index (χ4n) is 2.80. The van der Waals surface area contributed by atoms with Gasteiger partial charge in [-0.1, -0.05) is 26.3 Å². The van der Waals surface area contributed by atoms with Gasteiger partial charge in [-0.05, 0) is 24.7 Å². The molecular formula is C14H27N3. The van der Waals surface area contributed by atoms with Crippen LogP contribution < -0.4 is 5.32 Å². The Bertz CT molecular complexity index is 269. The number of hydrogen-bond acceptors (Lipinski definition) is 1. The Balaban J connectivity index is 2.61. The molecule has 0 aromatic rings. The van der Waals surface area contributed by atoms with Gasteiger partial charge in [0, 0.05) is 26.7 Å². The maximum Gasteiger partial charge on any atom is 0.193 e.